The van der Waals surface area contributed by atoms with Gasteiger partial charge < -0.3 is 9.80 Å². The molecule has 0 aliphatic carbocycles. The lowest BCUT2D eigenvalue weighted by molar-refractivity contribution is -0.137. The number of hydrogen-bond donors (Lipinski definition) is 0. The Labute approximate surface area is 164 Å². The van der Waals surface area contributed by atoms with Gasteiger partial charge in [-0.25, -0.2) is 14.5 Å². The number of aryl methyl sites for hydroxylation is 2. The van der Waals surface area contributed by atoms with Gasteiger partial charge in [0.25, 0.3) is 5.91 Å². The zero-order chi connectivity index (χ0) is 20.0. The predicted molar refractivity (Wildman–Crippen MR) is 105 cm³/mol. The largest absolute Gasteiger partial charge is 0.328 e. The molecule has 0 saturated carbocycles. The number of carbonyl (C=O) groups is 2. The lowest BCUT2D eigenvalue weighted by Gasteiger charge is -2.40. The number of carbonyl (C=O) groups excluding carboxylic acids is 2. The second-order valence-corrected chi connectivity index (χ2v) is 7.36. The number of urea groups is 1. The van der Waals surface area contributed by atoms with Gasteiger partial charge >= 0.3 is 6.03 Å². The minimum absolute atomic E-state index is 0.216. The van der Waals surface area contributed by atoms with Crippen LogP contribution in [0.5, 0.6) is 0 Å². The molecule has 2 atom stereocenters. The highest BCUT2D eigenvalue weighted by Gasteiger charge is 2.51. The van der Waals surface area contributed by atoms with Crippen LogP contribution in [0, 0.1) is 13.8 Å². The van der Waals surface area contributed by atoms with Crippen LogP contribution in [0.3, 0.4) is 0 Å². The minimum Gasteiger partial charge on any atom is -0.328 e. The minimum atomic E-state index is -0.545. The molecule has 2 aliphatic heterocycles. The van der Waals surface area contributed by atoms with E-state index < -0.39 is 12.2 Å². The van der Waals surface area contributed by atoms with Crippen molar-refractivity contribution in [2.45, 2.75) is 32.5 Å². The van der Waals surface area contributed by atoms with E-state index in [9.17, 15) is 9.59 Å². The summed E-state index contributed by atoms with van der Waals surface area (Å²) in [5, 5.41) is 4.48. The van der Waals surface area contributed by atoms with E-state index in [0.717, 1.165) is 17.0 Å². The fourth-order valence-corrected chi connectivity index (χ4v) is 3.88. The number of nitrogens with zero attached hydrogens (tertiary/aromatic N) is 6. The smallest absolute Gasteiger partial charge is 0.328 e. The van der Waals surface area contributed by atoms with Crippen LogP contribution in [-0.2, 0) is 11.2 Å². The molecule has 146 valence electrons. The number of hydrogen-bond acceptors (Lipinski definition) is 5. The summed E-state index contributed by atoms with van der Waals surface area (Å²) >= 11 is 0. The summed E-state index contributed by atoms with van der Waals surface area (Å²) < 4.78 is 1.73. The molecule has 8 heteroatoms. The molecule has 1 aromatic heterocycles. The molecule has 1 aromatic carbocycles. The number of benzene rings is 1. The molecule has 3 amide bonds. The molecular formula is C20H24N6O2. The Morgan fingerprint density at radius 3 is 2.39 bits per heavy atom. The van der Waals surface area contributed by atoms with Crippen molar-refractivity contribution >= 4 is 17.9 Å². The molecule has 3 heterocycles. The Bertz CT molecular complexity index is 951. The Balaban J connectivity index is 1.59. The van der Waals surface area contributed by atoms with Gasteiger partial charge in [-0.1, -0.05) is 30.3 Å². The predicted octanol–water partition coefficient (Wildman–Crippen LogP) is 1.48. The van der Waals surface area contributed by atoms with Crippen molar-refractivity contribution < 1.29 is 9.59 Å². The Morgan fingerprint density at radius 1 is 1.04 bits per heavy atom. The van der Waals surface area contributed by atoms with Crippen molar-refractivity contribution in [3.8, 4) is 0 Å². The number of rotatable bonds is 3. The zero-order valence-electron chi connectivity index (χ0n) is 16.5. The third-order valence-corrected chi connectivity index (χ3v) is 5.38. The van der Waals surface area contributed by atoms with Gasteiger partial charge in [0.15, 0.2) is 12.2 Å². The molecule has 1 fully saturated rings. The standard InChI is InChI=1S/C20H24N6O2/c1-13-12-14(2)26(22-13)19-21-17-16(23(19)3)18(27)25(20(28)24(17)4)11-10-15-8-6-5-7-9-15/h5-9,12,16-17H,10-11H2,1-4H3. The maximum atomic E-state index is 13.2. The van der Waals surface area contributed by atoms with Crippen molar-refractivity contribution in [3.63, 3.8) is 0 Å². The fourth-order valence-electron chi connectivity index (χ4n) is 3.88. The number of imide groups is 1. The number of amides is 3. The molecule has 0 bridgehead atoms. The highest BCUT2D eigenvalue weighted by atomic mass is 16.2. The van der Waals surface area contributed by atoms with Gasteiger partial charge in [-0.15, -0.1) is 0 Å². The molecule has 1 saturated heterocycles. The lowest BCUT2D eigenvalue weighted by atomic mass is 10.1. The van der Waals surface area contributed by atoms with Crippen LogP contribution in [0.1, 0.15) is 17.0 Å². The van der Waals surface area contributed by atoms with Crippen LogP contribution in [0.4, 0.5) is 4.79 Å². The Kier molecular flexibility index (Phi) is 4.41. The molecule has 2 aliphatic rings. The molecule has 4 rings (SSSR count). The Morgan fingerprint density at radius 2 is 1.75 bits per heavy atom. The van der Waals surface area contributed by atoms with E-state index >= 15 is 0 Å². The van der Waals surface area contributed by atoms with Gasteiger partial charge in [0.05, 0.1) is 5.69 Å². The molecule has 2 aromatic rings. The zero-order valence-corrected chi connectivity index (χ0v) is 16.5. The average Bonchev–Trinajstić information content (AvgIpc) is 3.19. The van der Waals surface area contributed by atoms with Crippen LogP contribution in [-0.4, -0.2) is 75.2 Å². The Hall–Kier alpha value is -3.16. The summed E-state index contributed by atoms with van der Waals surface area (Å²) in [6.45, 7) is 4.21. The topological polar surface area (TPSA) is 74.0 Å². The van der Waals surface area contributed by atoms with Gasteiger partial charge in [-0.05, 0) is 31.9 Å². The number of fused-ring (bicyclic) bond motifs is 1. The average molecular weight is 380 g/mol. The first-order valence-electron chi connectivity index (χ1n) is 9.35. The highest BCUT2D eigenvalue weighted by molar-refractivity contribution is 6.04. The molecule has 0 N–H and O–H groups in total. The summed E-state index contributed by atoms with van der Waals surface area (Å²) in [4.78, 5) is 35.4. The van der Waals surface area contributed by atoms with Gasteiger partial charge in [0.2, 0.25) is 5.96 Å². The third-order valence-electron chi connectivity index (χ3n) is 5.38. The first-order chi connectivity index (χ1) is 13.4. The van der Waals surface area contributed by atoms with Crippen LogP contribution in [0.15, 0.2) is 41.4 Å². The van der Waals surface area contributed by atoms with E-state index in [4.69, 9.17) is 0 Å². The monoisotopic (exact) mass is 380 g/mol. The van der Waals surface area contributed by atoms with Gasteiger partial charge in [0.1, 0.15) is 0 Å². The highest BCUT2D eigenvalue weighted by Crippen LogP contribution is 2.27. The normalized spacial score (nSPS) is 22.0. The van der Waals surface area contributed by atoms with Crippen LogP contribution < -0.4 is 0 Å². The van der Waals surface area contributed by atoms with Gasteiger partial charge in [-0.3, -0.25) is 9.69 Å². The number of aliphatic imine (C=N–C) groups is 1. The molecular weight excluding hydrogens is 356 g/mol. The summed E-state index contributed by atoms with van der Waals surface area (Å²) in [5.41, 5.74) is 2.90. The van der Waals surface area contributed by atoms with E-state index in [1.54, 1.807) is 16.6 Å². The maximum absolute atomic E-state index is 13.2. The third kappa shape index (κ3) is 2.85. The van der Waals surface area contributed by atoms with Crippen LogP contribution in [0.2, 0.25) is 0 Å². The van der Waals surface area contributed by atoms with Crippen molar-refractivity contribution in [2.75, 3.05) is 20.6 Å². The molecule has 2 unspecified atom stereocenters. The van der Waals surface area contributed by atoms with E-state index in [0.29, 0.717) is 18.9 Å². The lowest BCUT2D eigenvalue weighted by Crippen LogP contribution is -2.64. The second-order valence-electron chi connectivity index (χ2n) is 7.36. The van der Waals surface area contributed by atoms with Crippen LogP contribution >= 0.6 is 0 Å². The van der Waals surface area contributed by atoms with Gasteiger partial charge in [0, 0.05) is 26.3 Å². The SMILES string of the molecule is Cc1cc(C)n(C2=NC3C(C(=O)N(CCc4ccccc4)C(=O)N3C)N2C)n1. The van der Waals surface area contributed by atoms with E-state index in [2.05, 4.69) is 10.1 Å². The maximum Gasteiger partial charge on any atom is 0.328 e. The molecule has 0 spiro atoms. The number of likely N-dealkylation sites (N-methyl/N-ethyl adjacent to an activating group) is 2. The molecule has 0 radical (unpaired) electrons. The quantitative estimate of drug-likeness (QED) is 0.809. The first kappa shape index (κ1) is 18.2. The van der Waals surface area contributed by atoms with Crippen molar-refractivity contribution in [1.29, 1.82) is 0 Å². The van der Waals surface area contributed by atoms with Gasteiger partial charge in [-0.2, -0.15) is 5.10 Å². The molecule has 28 heavy (non-hydrogen) atoms. The summed E-state index contributed by atoms with van der Waals surface area (Å²) in [5.74, 6) is 0.366. The van der Waals surface area contributed by atoms with Crippen LogP contribution in [0.25, 0.3) is 0 Å². The number of aromatic nitrogens is 2. The van der Waals surface area contributed by atoms with E-state index in [1.165, 1.54) is 4.90 Å². The van der Waals surface area contributed by atoms with E-state index in [-0.39, 0.29) is 11.9 Å². The van der Waals surface area contributed by atoms with E-state index in [1.807, 2.05) is 62.2 Å². The fraction of sp³-hybridized carbons (Fsp3) is 0.400. The summed E-state index contributed by atoms with van der Waals surface area (Å²) in [6, 6.07) is 11.0. The van der Waals surface area contributed by atoms with Crippen molar-refractivity contribution in [1.82, 2.24) is 24.5 Å². The summed E-state index contributed by atoms with van der Waals surface area (Å²) in [6.07, 6.45) is 0.0789. The second kappa shape index (κ2) is 6.78. The molecule has 8 nitrogen and oxygen atoms in total. The van der Waals surface area contributed by atoms with Crippen molar-refractivity contribution in [3.05, 3.63) is 53.3 Å². The first-order valence-corrected chi connectivity index (χ1v) is 9.35. The van der Waals surface area contributed by atoms with Crippen molar-refractivity contribution in [2.24, 2.45) is 4.99 Å². The summed E-state index contributed by atoms with van der Waals surface area (Å²) in [7, 11) is 3.53.